The SMILES string of the molecule is CCn1ncc(N)c1C(=O)NCCc1cccc(F)c1. The van der Waals surface area contributed by atoms with Gasteiger partial charge in [0.05, 0.1) is 11.9 Å². The van der Waals surface area contributed by atoms with Crippen LogP contribution in [-0.2, 0) is 13.0 Å². The molecule has 1 amide bonds. The van der Waals surface area contributed by atoms with Gasteiger partial charge in [-0.15, -0.1) is 0 Å². The van der Waals surface area contributed by atoms with Gasteiger partial charge in [-0.25, -0.2) is 4.39 Å². The van der Waals surface area contributed by atoms with Gasteiger partial charge in [0, 0.05) is 13.1 Å². The van der Waals surface area contributed by atoms with Gasteiger partial charge in [-0.3, -0.25) is 9.48 Å². The number of anilines is 1. The molecule has 20 heavy (non-hydrogen) atoms. The lowest BCUT2D eigenvalue weighted by molar-refractivity contribution is 0.0944. The first-order valence-electron chi connectivity index (χ1n) is 6.45. The summed E-state index contributed by atoms with van der Waals surface area (Å²) in [6, 6.07) is 6.32. The number of nitrogen functional groups attached to an aromatic ring is 1. The topological polar surface area (TPSA) is 72.9 Å². The van der Waals surface area contributed by atoms with Gasteiger partial charge in [0.2, 0.25) is 0 Å². The number of nitrogens with two attached hydrogens (primary N) is 1. The summed E-state index contributed by atoms with van der Waals surface area (Å²) in [5.74, 6) is -0.541. The monoisotopic (exact) mass is 276 g/mol. The van der Waals surface area contributed by atoms with Gasteiger partial charge in [-0.1, -0.05) is 12.1 Å². The highest BCUT2D eigenvalue weighted by Gasteiger charge is 2.15. The zero-order valence-corrected chi connectivity index (χ0v) is 11.3. The number of amides is 1. The highest BCUT2D eigenvalue weighted by atomic mass is 19.1. The van der Waals surface area contributed by atoms with E-state index in [1.54, 1.807) is 10.7 Å². The first kappa shape index (κ1) is 14.0. The van der Waals surface area contributed by atoms with Crippen LogP contribution in [0.1, 0.15) is 23.0 Å². The Morgan fingerprint density at radius 1 is 1.50 bits per heavy atom. The largest absolute Gasteiger partial charge is 0.396 e. The van der Waals surface area contributed by atoms with Crippen LogP contribution in [0.15, 0.2) is 30.5 Å². The van der Waals surface area contributed by atoms with E-state index in [-0.39, 0.29) is 11.7 Å². The molecule has 1 aromatic carbocycles. The molecule has 0 atom stereocenters. The Hall–Kier alpha value is -2.37. The second kappa shape index (κ2) is 6.18. The van der Waals surface area contributed by atoms with Gasteiger partial charge < -0.3 is 11.1 Å². The molecule has 0 aliphatic rings. The van der Waals surface area contributed by atoms with Crippen LogP contribution in [0.5, 0.6) is 0 Å². The van der Waals surface area contributed by atoms with Gasteiger partial charge >= 0.3 is 0 Å². The van der Waals surface area contributed by atoms with E-state index in [0.717, 1.165) is 5.56 Å². The number of nitrogens with one attached hydrogen (secondary N) is 1. The number of hydrogen-bond donors (Lipinski definition) is 2. The van der Waals surface area contributed by atoms with Crippen molar-refractivity contribution >= 4 is 11.6 Å². The second-order valence-corrected chi connectivity index (χ2v) is 4.40. The van der Waals surface area contributed by atoms with E-state index in [9.17, 15) is 9.18 Å². The molecule has 0 spiro atoms. The number of aromatic nitrogens is 2. The predicted octanol–water partition coefficient (Wildman–Crippen LogP) is 1.60. The number of aryl methyl sites for hydroxylation is 1. The summed E-state index contributed by atoms with van der Waals surface area (Å²) in [5, 5.41) is 6.78. The quantitative estimate of drug-likeness (QED) is 0.871. The van der Waals surface area contributed by atoms with E-state index in [2.05, 4.69) is 10.4 Å². The van der Waals surface area contributed by atoms with Crippen molar-refractivity contribution < 1.29 is 9.18 Å². The van der Waals surface area contributed by atoms with Crippen LogP contribution in [0.4, 0.5) is 10.1 Å². The van der Waals surface area contributed by atoms with Crippen molar-refractivity contribution in [2.24, 2.45) is 0 Å². The molecule has 0 saturated heterocycles. The van der Waals surface area contributed by atoms with Crippen molar-refractivity contribution in [3.63, 3.8) is 0 Å². The van der Waals surface area contributed by atoms with Crippen molar-refractivity contribution in [2.75, 3.05) is 12.3 Å². The van der Waals surface area contributed by atoms with Gasteiger partial charge in [-0.05, 0) is 31.0 Å². The smallest absolute Gasteiger partial charge is 0.271 e. The number of rotatable bonds is 5. The molecule has 0 aliphatic carbocycles. The molecule has 5 nitrogen and oxygen atoms in total. The molecule has 0 bridgehead atoms. The Morgan fingerprint density at radius 3 is 3.00 bits per heavy atom. The van der Waals surface area contributed by atoms with Crippen molar-refractivity contribution in [2.45, 2.75) is 19.9 Å². The molecule has 106 valence electrons. The van der Waals surface area contributed by atoms with E-state index < -0.39 is 0 Å². The summed E-state index contributed by atoms with van der Waals surface area (Å²) in [7, 11) is 0. The van der Waals surface area contributed by atoms with Gasteiger partial charge in [-0.2, -0.15) is 5.10 Å². The van der Waals surface area contributed by atoms with E-state index in [1.165, 1.54) is 18.3 Å². The molecule has 2 aromatic rings. The molecule has 0 saturated carbocycles. The minimum absolute atomic E-state index is 0.266. The van der Waals surface area contributed by atoms with Gasteiger partial charge in [0.25, 0.3) is 5.91 Å². The third kappa shape index (κ3) is 3.14. The lowest BCUT2D eigenvalue weighted by Crippen LogP contribution is -2.28. The van der Waals surface area contributed by atoms with Gasteiger partial charge in [0.15, 0.2) is 0 Å². The third-order valence-electron chi connectivity index (χ3n) is 2.97. The van der Waals surface area contributed by atoms with Gasteiger partial charge in [0.1, 0.15) is 11.5 Å². The minimum Gasteiger partial charge on any atom is -0.396 e. The van der Waals surface area contributed by atoms with E-state index in [1.807, 2.05) is 13.0 Å². The number of nitrogens with zero attached hydrogens (tertiary/aromatic N) is 2. The lowest BCUT2D eigenvalue weighted by Gasteiger charge is -2.08. The summed E-state index contributed by atoms with van der Waals surface area (Å²) in [4.78, 5) is 12.0. The average Bonchev–Trinajstić information content (AvgIpc) is 2.80. The summed E-state index contributed by atoms with van der Waals surface area (Å²) in [6.45, 7) is 2.87. The summed E-state index contributed by atoms with van der Waals surface area (Å²) >= 11 is 0. The van der Waals surface area contributed by atoms with Crippen LogP contribution in [-0.4, -0.2) is 22.2 Å². The number of hydrogen-bond acceptors (Lipinski definition) is 3. The molecule has 0 radical (unpaired) electrons. The molecule has 0 fully saturated rings. The first-order valence-corrected chi connectivity index (χ1v) is 6.45. The summed E-state index contributed by atoms with van der Waals surface area (Å²) in [6.07, 6.45) is 2.02. The molecule has 2 rings (SSSR count). The molecule has 0 unspecified atom stereocenters. The number of benzene rings is 1. The van der Waals surface area contributed by atoms with Crippen LogP contribution in [0.3, 0.4) is 0 Å². The standard InChI is InChI=1S/C14H17FN4O/c1-2-19-13(12(16)9-18-19)14(20)17-7-6-10-4-3-5-11(15)8-10/h3-5,8-9H,2,6-7,16H2,1H3,(H,17,20). The molecule has 1 heterocycles. The van der Waals surface area contributed by atoms with Crippen LogP contribution >= 0.6 is 0 Å². The molecule has 6 heteroatoms. The molecule has 1 aromatic heterocycles. The fourth-order valence-electron chi connectivity index (χ4n) is 1.98. The number of carbonyl (C=O) groups excluding carboxylic acids is 1. The Kier molecular flexibility index (Phi) is 4.34. The minimum atomic E-state index is -0.276. The molecular formula is C14H17FN4O. The van der Waals surface area contributed by atoms with Crippen molar-refractivity contribution in [1.82, 2.24) is 15.1 Å². The van der Waals surface area contributed by atoms with Crippen LogP contribution < -0.4 is 11.1 Å². The van der Waals surface area contributed by atoms with Crippen LogP contribution in [0.25, 0.3) is 0 Å². The Bertz CT molecular complexity index is 609. The average molecular weight is 276 g/mol. The zero-order valence-electron chi connectivity index (χ0n) is 11.3. The van der Waals surface area contributed by atoms with Crippen LogP contribution in [0, 0.1) is 5.82 Å². The maximum absolute atomic E-state index is 13.0. The maximum atomic E-state index is 13.0. The second-order valence-electron chi connectivity index (χ2n) is 4.40. The zero-order chi connectivity index (χ0) is 14.5. The third-order valence-corrected chi connectivity index (χ3v) is 2.97. The van der Waals surface area contributed by atoms with Crippen molar-refractivity contribution in [3.8, 4) is 0 Å². The first-order chi connectivity index (χ1) is 9.61. The Morgan fingerprint density at radius 2 is 2.30 bits per heavy atom. The lowest BCUT2D eigenvalue weighted by atomic mass is 10.1. The van der Waals surface area contributed by atoms with Crippen molar-refractivity contribution in [3.05, 3.63) is 47.5 Å². The normalized spacial score (nSPS) is 10.5. The summed E-state index contributed by atoms with van der Waals surface area (Å²) in [5.41, 5.74) is 7.29. The fourth-order valence-corrected chi connectivity index (χ4v) is 1.98. The molecule has 0 aliphatic heterocycles. The molecular weight excluding hydrogens is 259 g/mol. The fraction of sp³-hybridized carbons (Fsp3) is 0.286. The Balaban J connectivity index is 1.94. The highest BCUT2D eigenvalue weighted by Crippen LogP contribution is 2.10. The Labute approximate surface area is 116 Å². The van der Waals surface area contributed by atoms with E-state index in [0.29, 0.717) is 30.9 Å². The maximum Gasteiger partial charge on any atom is 0.271 e. The predicted molar refractivity (Wildman–Crippen MR) is 74.8 cm³/mol. The summed E-state index contributed by atoms with van der Waals surface area (Å²) < 4.78 is 14.6. The van der Waals surface area contributed by atoms with Crippen molar-refractivity contribution in [1.29, 1.82) is 0 Å². The molecule has 3 N–H and O–H groups in total. The highest BCUT2D eigenvalue weighted by molar-refractivity contribution is 5.97. The number of halogens is 1. The van der Waals surface area contributed by atoms with Crippen LogP contribution in [0.2, 0.25) is 0 Å². The van der Waals surface area contributed by atoms with E-state index >= 15 is 0 Å². The van der Waals surface area contributed by atoms with E-state index in [4.69, 9.17) is 5.73 Å². The number of carbonyl (C=O) groups is 1.